The minimum absolute atomic E-state index is 0.228. The molecule has 0 spiro atoms. The summed E-state index contributed by atoms with van der Waals surface area (Å²) in [6.45, 7) is 14.2. The number of hydrogen-bond acceptors (Lipinski definition) is 4. The van der Waals surface area contributed by atoms with Crippen molar-refractivity contribution in [2.75, 3.05) is 7.11 Å². The maximum absolute atomic E-state index is 11.7. The Morgan fingerprint density at radius 2 is 2.00 bits per heavy atom. The van der Waals surface area contributed by atoms with Gasteiger partial charge in [-0.2, -0.15) is 0 Å². The van der Waals surface area contributed by atoms with Gasteiger partial charge in [-0.05, 0) is 105 Å². The monoisotopic (exact) mass is 552 g/mol. The highest BCUT2D eigenvalue weighted by molar-refractivity contribution is 7.13. The first-order valence-electron chi connectivity index (χ1n) is 14.1. The van der Waals surface area contributed by atoms with Crippen LogP contribution in [0.25, 0.3) is 0 Å². The van der Waals surface area contributed by atoms with E-state index in [4.69, 9.17) is 20.8 Å². The lowest BCUT2D eigenvalue weighted by atomic mass is 9.63. The summed E-state index contributed by atoms with van der Waals surface area (Å²) >= 11 is 8.39. The summed E-state index contributed by atoms with van der Waals surface area (Å²) in [5.74, 6) is 0.861. The summed E-state index contributed by atoms with van der Waals surface area (Å²) in [4.78, 5) is 13.7. The molecule has 3 rings (SSSR count). The lowest BCUT2D eigenvalue weighted by Crippen LogP contribution is -2.51. The third-order valence-corrected chi connectivity index (χ3v) is 15.6. The summed E-state index contributed by atoms with van der Waals surface area (Å²) < 4.78 is 11.9. The predicted octanol–water partition coefficient (Wildman–Crippen LogP) is 9.41. The van der Waals surface area contributed by atoms with Crippen molar-refractivity contribution in [3.05, 3.63) is 34.0 Å². The molecule has 6 heteroatoms. The zero-order chi connectivity index (χ0) is 26.6. The topological polar surface area (TPSA) is 35.5 Å². The van der Waals surface area contributed by atoms with Crippen LogP contribution in [0.2, 0.25) is 18.1 Å². The van der Waals surface area contributed by atoms with Crippen molar-refractivity contribution in [2.24, 2.45) is 17.3 Å². The number of carbonyl (C=O) groups is 1. The lowest BCUT2D eigenvalue weighted by Gasteiger charge is -2.51. The molecule has 0 radical (unpaired) electrons. The van der Waals surface area contributed by atoms with Gasteiger partial charge in [0.2, 0.25) is 0 Å². The number of hydrogen-bond donors (Lipinski definition) is 0. The van der Waals surface area contributed by atoms with E-state index in [0.717, 1.165) is 25.7 Å². The van der Waals surface area contributed by atoms with Crippen molar-refractivity contribution < 1.29 is 14.0 Å². The molecular formula is C30H49ClO3SSi. The number of carbonyl (C=O) groups excluding carboxylic acids is 1. The van der Waals surface area contributed by atoms with Gasteiger partial charge in [-0.3, -0.25) is 0 Å². The minimum Gasteiger partial charge on any atom is -0.465 e. The zero-order valence-electron chi connectivity index (χ0n) is 23.7. The van der Waals surface area contributed by atoms with Crippen molar-refractivity contribution in [3.63, 3.8) is 0 Å². The highest BCUT2D eigenvalue weighted by Gasteiger charge is 2.47. The van der Waals surface area contributed by atoms with Crippen LogP contribution >= 0.6 is 22.9 Å². The van der Waals surface area contributed by atoms with Gasteiger partial charge in [-0.1, -0.05) is 46.3 Å². The molecule has 36 heavy (non-hydrogen) atoms. The van der Waals surface area contributed by atoms with Gasteiger partial charge in [0.15, 0.2) is 8.32 Å². The Bertz CT molecular complexity index is 877. The summed E-state index contributed by atoms with van der Waals surface area (Å²) in [5, 5.41) is 0.466. The Hall–Kier alpha value is -0.623. The first-order valence-corrected chi connectivity index (χ1v) is 18.2. The van der Waals surface area contributed by atoms with Crippen LogP contribution in [0.1, 0.15) is 100 Å². The van der Waals surface area contributed by atoms with Gasteiger partial charge in [0.05, 0.1) is 13.2 Å². The first kappa shape index (κ1) is 29.9. The van der Waals surface area contributed by atoms with E-state index in [-0.39, 0.29) is 16.4 Å². The Morgan fingerprint density at radius 3 is 2.58 bits per heavy atom. The number of allylic oxidation sites excluding steroid dienone is 1. The summed E-state index contributed by atoms with van der Waals surface area (Å²) in [6, 6.07) is 3.95. The number of aryl methyl sites for hydroxylation is 1. The van der Waals surface area contributed by atoms with Crippen LogP contribution in [0.5, 0.6) is 0 Å². The van der Waals surface area contributed by atoms with Crippen LogP contribution in [0, 0.1) is 17.3 Å². The second-order valence-electron chi connectivity index (χ2n) is 12.7. The van der Waals surface area contributed by atoms with E-state index in [1.165, 1.54) is 50.5 Å². The van der Waals surface area contributed by atoms with Crippen LogP contribution in [-0.4, -0.2) is 32.9 Å². The number of alkyl halides is 1. The van der Waals surface area contributed by atoms with Gasteiger partial charge in [-0.25, -0.2) is 4.79 Å². The fourth-order valence-electron chi connectivity index (χ4n) is 5.78. The molecule has 0 aliphatic heterocycles. The maximum Gasteiger partial charge on any atom is 0.348 e. The fourth-order valence-corrected chi connectivity index (χ4v) is 8.57. The number of methoxy groups -OCH3 is 1. The maximum atomic E-state index is 11.7. The molecule has 0 saturated heterocycles. The molecule has 0 N–H and O–H groups in total. The number of halogens is 1. The van der Waals surface area contributed by atoms with E-state index in [1.54, 1.807) is 11.3 Å². The van der Waals surface area contributed by atoms with Gasteiger partial charge >= 0.3 is 5.97 Å². The van der Waals surface area contributed by atoms with Gasteiger partial charge in [0, 0.05) is 10.3 Å². The quantitative estimate of drug-likeness (QED) is 0.112. The Balaban J connectivity index is 1.59. The van der Waals surface area contributed by atoms with Crippen LogP contribution < -0.4 is 0 Å². The van der Waals surface area contributed by atoms with Crippen molar-refractivity contribution >= 4 is 37.2 Å². The molecule has 2 fully saturated rings. The van der Waals surface area contributed by atoms with E-state index in [9.17, 15) is 4.79 Å². The second kappa shape index (κ2) is 12.5. The molecule has 1 unspecified atom stereocenters. The average Bonchev–Trinajstić information content (AvgIpc) is 3.39. The van der Waals surface area contributed by atoms with Crippen LogP contribution in [0.4, 0.5) is 0 Å². The van der Waals surface area contributed by atoms with E-state index < -0.39 is 8.32 Å². The molecule has 0 aromatic carbocycles. The molecule has 0 bridgehead atoms. The van der Waals surface area contributed by atoms with Gasteiger partial charge in [0.25, 0.3) is 0 Å². The minimum atomic E-state index is -1.83. The molecule has 204 valence electrons. The average molecular weight is 553 g/mol. The number of ether oxygens (including phenoxy) is 1. The molecule has 1 heterocycles. The van der Waals surface area contributed by atoms with Crippen molar-refractivity contribution in [3.8, 4) is 0 Å². The van der Waals surface area contributed by atoms with Gasteiger partial charge in [0.1, 0.15) is 4.88 Å². The number of thiophene rings is 1. The van der Waals surface area contributed by atoms with Crippen molar-refractivity contribution in [1.29, 1.82) is 0 Å². The summed E-state index contributed by atoms with van der Waals surface area (Å²) in [5.41, 5.74) is 0.360. The van der Waals surface area contributed by atoms with Crippen molar-refractivity contribution in [2.45, 2.75) is 122 Å². The zero-order valence-corrected chi connectivity index (χ0v) is 26.3. The summed E-state index contributed by atoms with van der Waals surface area (Å²) in [6.07, 6.45) is 17.0. The molecule has 1 aromatic rings. The van der Waals surface area contributed by atoms with E-state index in [2.05, 4.69) is 59.0 Å². The van der Waals surface area contributed by atoms with Gasteiger partial charge in [-0.15, -0.1) is 22.9 Å². The largest absolute Gasteiger partial charge is 0.465 e. The smallest absolute Gasteiger partial charge is 0.348 e. The standard InChI is InChI=1S/C30H49ClO3SSi/c1-8-30(20-11-21-30)27(34-36(6,7)29(2,3)4)15-10-14-24-22(16-18-25(24)31)12-9-13-23-17-19-26(35-23)28(32)33-5/h10,14,17,19,22,24-25,27H,8-9,11-13,15-16,18,20-21H2,1-7H3/b14-10+/t22-,24+,25+,27?/m0/s1. The summed E-state index contributed by atoms with van der Waals surface area (Å²) in [7, 11) is -0.392. The Morgan fingerprint density at radius 1 is 1.28 bits per heavy atom. The van der Waals surface area contributed by atoms with E-state index in [1.807, 2.05) is 6.07 Å². The van der Waals surface area contributed by atoms with E-state index >= 15 is 0 Å². The molecule has 2 aliphatic rings. The van der Waals surface area contributed by atoms with Crippen LogP contribution in [-0.2, 0) is 15.6 Å². The van der Waals surface area contributed by atoms with Crippen molar-refractivity contribution in [1.82, 2.24) is 0 Å². The third-order valence-electron chi connectivity index (χ3n) is 9.51. The molecular weight excluding hydrogens is 504 g/mol. The third kappa shape index (κ3) is 7.06. The van der Waals surface area contributed by atoms with Gasteiger partial charge < -0.3 is 9.16 Å². The second-order valence-corrected chi connectivity index (χ2v) is 19.2. The van der Waals surface area contributed by atoms with E-state index in [0.29, 0.717) is 28.2 Å². The molecule has 2 aliphatic carbocycles. The number of esters is 1. The highest BCUT2D eigenvalue weighted by Crippen LogP contribution is 2.51. The molecule has 0 amide bonds. The van der Waals surface area contributed by atoms with Crippen LogP contribution in [0.3, 0.4) is 0 Å². The molecule has 2 saturated carbocycles. The highest BCUT2D eigenvalue weighted by atomic mass is 35.5. The fraction of sp³-hybridized carbons (Fsp3) is 0.767. The van der Waals surface area contributed by atoms with Crippen LogP contribution in [0.15, 0.2) is 24.3 Å². The number of rotatable bonds is 12. The Labute approximate surface area is 230 Å². The normalized spacial score (nSPS) is 25.2. The molecule has 1 aromatic heterocycles. The SMILES string of the molecule is CCC1(C(C/C=C/[C@@H]2[C@@H](CCCc3ccc(C(=O)OC)s3)CC[C@H]2Cl)O[Si](C)(C)C(C)(C)C)CCC1. The first-order chi connectivity index (χ1) is 16.9. The predicted molar refractivity (Wildman–Crippen MR) is 157 cm³/mol. The molecule has 4 atom stereocenters. The molecule has 3 nitrogen and oxygen atoms in total. The Kier molecular flexibility index (Phi) is 10.4. The lowest BCUT2D eigenvalue weighted by molar-refractivity contribution is -0.0272.